The number of benzene rings is 1. The van der Waals surface area contributed by atoms with Crippen LogP contribution in [0.4, 0.5) is 0 Å². The van der Waals surface area contributed by atoms with E-state index < -0.39 is 0 Å². The third kappa shape index (κ3) is 4.26. The Morgan fingerprint density at radius 3 is 2.81 bits per heavy atom. The monoisotopic (exact) mass is 372 g/mol. The van der Waals surface area contributed by atoms with Gasteiger partial charge in [0.15, 0.2) is 0 Å². The van der Waals surface area contributed by atoms with E-state index >= 15 is 0 Å². The zero-order chi connectivity index (χ0) is 18.4. The van der Waals surface area contributed by atoms with Crippen molar-refractivity contribution in [2.24, 2.45) is 0 Å². The minimum atomic E-state index is 0.656. The van der Waals surface area contributed by atoms with Gasteiger partial charge in [-0.15, -0.1) is 0 Å². The fourth-order valence-electron chi connectivity index (χ4n) is 3.01. The van der Waals surface area contributed by atoms with Gasteiger partial charge in [0.1, 0.15) is 0 Å². The van der Waals surface area contributed by atoms with Gasteiger partial charge in [0.05, 0.1) is 34.0 Å². The Bertz CT molecular complexity index is 817. The summed E-state index contributed by atoms with van der Waals surface area (Å²) >= 11 is 6.55. The standard InChI is InChI=1S/C19H25ClN6/c1-3-26(9-8-21-2)19-15(20)12-22-13-18(19)25-11-14-4-5-16-17(10-14)24-7-6-23-16/h4-7,10,13,21-22,25H,3,8-9,11-12H2,1-2H3. The molecule has 0 aliphatic carbocycles. The first-order chi connectivity index (χ1) is 12.7. The maximum Gasteiger partial charge on any atom is 0.0890 e. The predicted molar refractivity (Wildman–Crippen MR) is 107 cm³/mol. The van der Waals surface area contributed by atoms with Crippen LogP contribution >= 0.6 is 11.6 Å². The molecule has 0 spiro atoms. The number of nitrogens with one attached hydrogen (secondary N) is 3. The summed E-state index contributed by atoms with van der Waals surface area (Å²) in [4.78, 5) is 11.0. The van der Waals surface area contributed by atoms with Crippen LogP contribution in [-0.2, 0) is 6.54 Å². The second-order valence-electron chi connectivity index (χ2n) is 6.11. The lowest BCUT2D eigenvalue weighted by Gasteiger charge is -2.31. The number of rotatable bonds is 8. The van der Waals surface area contributed by atoms with Crippen LogP contribution in [0.5, 0.6) is 0 Å². The second kappa shape index (κ2) is 8.87. The minimum Gasteiger partial charge on any atom is -0.384 e. The summed E-state index contributed by atoms with van der Waals surface area (Å²) in [5, 5.41) is 10.8. The van der Waals surface area contributed by atoms with Gasteiger partial charge in [-0.05, 0) is 31.7 Å². The van der Waals surface area contributed by atoms with E-state index in [1.807, 2.05) is 19.3 Å². The molecule has 0 saturated carbocycles. The molecule has 1 aliphatic rings. The molecule has 7 heteroatoms. The first-order valence-corrected chi connectivity index (χ1v) is 9.26. The molecule has 2 aromatic rings. The van der Waals surface area contributed by atoms with Gasteiger partial charge in [0.2, 0.25) is 0 Å². The van der Waals surface area contributed by atoms with Gasteiger partial charge >= 0.3 is 0 Å². The fourth-order valence-corrected chi connectivity index (χ4v) is 3.31. The molecule has 1 aromatic heterocycles. The maximum absolute atomic E-state index is 6.55. The van der Waals surface area contributed by atoms with Crippen LogP contribution in [0.2, 0.25) is 0 Å². The van der Waals surface area contributed by atoms with Gasteiger partial charge in [-0.1, -0.05) is 17.7 Å². The van der Waals surface area contributed by atoms with Gasteiger partial charge in [-0.3, -0.25) is 9.97 Å². The van der Waals surface area contributed by atoms with Crippen LogP contribution in [0.1, 0.15) is 12.5 Å². The van der Waals surface area contributed by atoms with Crippen LogP contribution in [0.3, 0.4) is 0 Å². The normalized spacial score (nSPS) is 14.2. The summed E-state index contributed by atoms with van der Waals surface area (Å²) in [7, 11) is 1.96. The number of dihydropyridines is 1. The number of fused-ring (bicyclic) bond motifs is 1. The van der Waals surface area contributed by atoms with E-state index in [-0.39, 0.29) is 0 Å². The highest BCUT2D eigenvalue weighted by molar-refractivity contribution is 6.30. The van der Waals surface area contributed by atoms with Gasteiger partial charge in [-0.25, -0.2) is 0 Å². The largest absolute Gasteiger partial charge is 0.384 e. The SMILES string of the molecule is CCN(CCNC)C1=C(Cl)CNC=C1NCc1ccc2nccnc2c1. The zero-order valence-corrected chi connectivity index (χ0v) is 16.0. The number of hydrogen-bond donors (Lipinski definition) is 3. The number of aromatic nitrogens is 2. The van der Waals surface area contributed by atoms with E-state index in [4.69, 9.17) is 11.6 Å². The van der Waals surface area contributed by atoms with Crippen molar-refractivity contribution in [2.45, 2.75) is 13.5 Å². The Kier molecular flexibility index (Phi) is 6.30. The van der Waals surface area contributed by atoms with Crippen molar-refractivity contribution < 1.29 is 0 Å². The molecule has 138 valence electrons. The van der Waals surface area contributed by atoms with E-state index in [1.165, 1.54) is 0 Å². The first kappa shape index (κ1) is 18.5. The van der Waals surface area contributed by atoms with Crippen molar-refractivity contribution in [3.63, 3.8) is 0 Å². The van der Waals surface area contributed by atoms with Crippen molar-refractivity contribution >= 4 is 22.6 Å². The molecule has 0 fully saturated rings. The Balaban J connectivity index is 1.74. The van der Waals surface area contributed by atoms with Gasteiger partial charge in [0, 0.05) is 44.8 Å². The topological polar surface area (TPSA) is 65.1 Å². The Hall–Kier alpha value is -2.31. The van der Waals surface area contributed by atoms with Gasteiger partial charge < -0.3 is 20.9 Å². The molecule has 0 unspecified atom stereocenters. The number of halogens is 1. The summed E-state index contributed by atoms with van der Waals surface area (Å²) in [6, 6.07) is 6.14. The molecule has 0 radical (unpaired) electrons. The second-order valence-corrected chi connectivity index (χ2v) is 6.56. The molecule has 1 aromatic carbocycles. The summed E-state index contributed by atoms with van der Waals surface area (Å²) < 4.78 is 0. The number of hydrogen-bond acceptors (Lipinski definition) is 6. The van der Waals surface area contributed by atoms with E-state index in [2.05, 4.69) is 49.9 Å². The van der Waals surface area contributed by atoms with E-state index in [0.29, 0.717) is 13.1 Å². The summed E-state index contributed by atoms with van der Waals surface area (Å²) in [6.45, 7) is 6.21. The Morgan fingerprint density at radius 1 is 1.23 bits per heavy atom. The molecule has 6 nitrogen and oxygen atoms in total. The maximum atomic E-state index is 6.55. The highest BCUT2D eigenvalue weighted by Crippen LogP contribution is 2.23. The van der Waals surface area contributed by atoms with E-state index in [1.54, 1.807) is 12.4 Å². The molecule has 26 heavy (non-hydrogen) atoms. The number of likely N-dealkylation sites (N-methyl/N-ethyl adjacent to an activating group) is 2. The van der Waals surface area contributed by atoms with E-state index in [9.17, 15) is 0 Å². The molecule has 2 heterocycles. The van der Waals surface area contributed by atoms with Crippen LogP contribution in [0.25, 0.3) is 11.0 Å². The molecule has 0 saturated heterocycles. The van der Waals surface area contributed by atoms with Crippen molar-refractivity contribution in [1.82, 2.24) is 30.8 Å². The fraction of sp³-hybridized carbons (Fsp3) is 0.368. The molecular weight excluding hydrogens is 348 g/mol. The minimum absolute atomic E-state index is 0.656. The molecule has 3 rings (SSSR count). The first-order valence-electron chi connectivity index (χ1n) is 8.88. The van der Waals surface area contributed by atoms with Gasteiger partial charge in [0.25, 0.3) is 0 Å². The average Bonchev–Trinajstić information content (AvgIpc) is 2.68. The Labute approximate surface area is 159 Å². The van der Waals surface area contributed by atoms with Crippen molar-refractivity contribution in [3.05, 3.63) is 58.8 Å². The molecule has 1 aliphatic heterocycles. The molecule has 0 atom stereocenters. The smallest absolute Gasteiger partial charge is 0.0890 e. The lowest BCUT2D eigenvalue weighted by Crippen LogP contribution is -2.37. The summed E-state index contributed by atoms with van der Waals surface area (Å²) in [5.74, 6) is 0. The average molecular weight is 373 g/mol. The lowest BCUT2D eigenvalue weighted by atomic mass is 10.1. The molecule has 3 N–H and O–H groups in total. The summed E-state index contributed by atoms with van der Waals surface area (Å²) in [6.07, 6.45) is 5.43. The number of nitrogens with zero attached hydrogens (tertiary/aromatic N) is 3. The van der Waals surface area contributed by atoms with Crippen LogP contribution in [0.15, 0.2) is 53.2 Å². The third-order valence-corrected chi connectivity index (χ3v) is 4.67. The van der Waals surface area contributed by atoms with E-state index in [0.717, 1.165) is 52.7 Å². The zero-order valence-electron chi connectivity index (χ0n) is 15.2. The quantitative estimate of drug-likeness (QED) is 0.660. The third-order valence-electron chi connectivity index (χ3n) is 4.36. The molecule has 0 bridgehead atoms. The van der Waals surface area contributed by atoms with Crippen molar-refractivity contribution in [2.75, 3.05) is 33.2 Å². The molecule has 0 amide bonds. The van der Waals surface area contributed by atoms with Crippen molar-refractivity contribution in [1.29, 1.82) is 0 Å². The molecular formula is C19H25ClN6. The summed E-state index contributed by atoms with van der Waals surface area (Å²) in [5.41, 5.74) is 5.05. The van der Waals surface area contributed by atoms with Crippen LogP contribution in [-0.4, -0.2) is 48.1 Å². The highest BCUT2D eigenvalue weighted by atomic mass is 35.5. The highest BCUT2D eigenvalue weighted by Gasteiger charge is 2.20. The lowest BCUT2D eigenvalue weighted by molar-refractivity contribution is 0.359. The predicted octanol–water partition coefficient (Wildman–Crippen LogP) is 2.16. The van der Waals surface area contributed by atoms with Crippen LogP contribution < -0.4 is 16.0 Å². The Morgan fingerprint density at radius 2 is 2.04 bits per heavy atom. The van der Waals surface area contributed by atoms with Gasteiger partial charge in [-0.2, -0.15) is 0 Å². The van der Waals surface area contributed by atoms with Crippen molar-refractivity contribution in [3.8, 4) is 0 Å². The van der Waals surface area contributed by atoms with Crippen LogP contribution in [0, 0.1) is 0 Å².